The average Bonchev–Trinajstić information content (AvgIpc) is 3.68. The number of ether oxygens (including phenoxy) is 1. The van der Waals surface area contributed by atoms with Crippen LogP contribution in [0.15, 0.2) is 55.1 Å². The lowest BCUT2D eigenvalue weighted by Gasteiger charge is -2.47. The number of hydrogen-bond acceptors (Lipinski definition) is 7. The van der Waals surface area contributed by atoms with Crippen molar-refractivity contribution in [3.63, 3.8) is 0 Å². The molecule has 4 aliphatic rings. The molecule has 226 valence electrons. The van der Waals surface area contributed by atoms with Gasteiger partial charge >= 0.3 is 6.01 Å². The first-order valence-corrected chi connectivity index (χ1v) is 15.5. The number of nitrogens with zero attached hydrogens (tertiary/aromatic N) is 6. The van der Waals surface area contributed by atoms with Gasteiger partial charge in [-0.1, -0.05) is 30.3 Å². The van der Waals surface area contributed by atoms with Crippen LogP contribution >= 0.6 is 11.6 Å². The fourth-order valence-electron chi connectivity index (χ4n) is 7.93. The van der Waals surface area contributed by atoms with E-state index in [-0.39, 0.29) is 23.6 Å². The zero-order valence-corrected chi connectivity index (χ0v) is 24.9. The Morgan fingerprint density at radius 2 is 1.91 bits per heavy atom. The molecule has 8 nitrogen and oxygen atoms in total. The summed E-state index contributed by atoms with van der Waals surface area (Å²) in [6.07, 6.45) is 8.43. The van der Waals surface area contributed by atoms with Gasteiger partial charge in [-0.15, -0.1) is 0 Å². The summed E-state index contributed by atoms with van der Waals surface area (Å²) in [5, 5.41) is 2.57. The lowest BCUT2D eigenvalue weighted by atomic mass is 9.95. The number of carbonyl (C=O) groups is 1. The minimum Gasteiger partial charge on any atom is -0.461 e. The maximum Gasteiger partial charge on any atom is 0.319 e. The topological polar surface area (TPSA) is 74.7 Å². The van der Waals surface area contributed by atoms with Gasteiger partial charge < -0.3 is 14.5 Å². The summed E-state index contributed by atoms with van der Waals surface area (Å²) in [6, 6.07) is 8.68. The smallest absolute Gasteiger partial charge is 0.319 e. The normalized spacial score (nSPS) is 22.3. The van der Waals surface area contributed by atoms with Crippen molar-refractivity contribution in [1.82, 2.24) is 24.8 Å². The Balaban J connectivity index is 1.21. The van der Waals surface area contributed by atoms with Crippen LogP contribution in [0.3, 0.4) is 0 Å². The van der Waals surface area contributed by atoms with E-state index in [1.165, 1.54) is 11.0 Å². The molecule has 2 aromatic carbocycles. The molecule has 0 spiro atoms. The number of fused-ring (bicyclic) bond motifs is 4. The van der Waals surface area contributed by atoms with Crippen LogP contribution < -0.4 is 9.64 Å². The van der Waals surface area contributed by atoms with Crippen LogP contribution in [-0.4, -0.2) is 81.1 Å². The lowest BCUT2D eigenvalue weighted by molar-refractivity contribution is -0.130. The molecule has 2 aromatic heterocycles. The zero-order valence-electron chi connectivity index (χ0n) is 24.1. The van der Waals surface area contributed by atoms with Crippen LogP contribution in [0, 0.1) is 5.82 Å². The SMILES string of the molecule is C=C(F)C(=O)N1CCC2[C@H]1CN2c1nc(OCC23CCCN2CCC3)nc2cc(-c3cncc4cccc(Cl)c34)c(F)cc12. The largest absolute Gasteiger partial charge is 0.461 e. The molecule has 1 unspecified atom stereocenters. The van der Waals surface area contributed by atoms with Crippen LogP contribution in [0.5, 0.6) is 6.01 Å². The Morgan fingerprint density at radius 3 is 2.70 bits per heavy atom. The van der Waals surface area contributed by atoms with E-state index in [9.17, 15) is 9.18 Å². The van der Waals surface area contributed by atoms with Crippen LogP contribution in [0.1, 0.15) is 32.1 Å². The monoisotopic (exact) mass is 616 g/mol. The Kier molecular flexibility index (Phi) is 6.50. The van der Waals surface area contributed by atoms with Crippen molar-refractivity contribution < 1.29 is 18.3 Å². The molecule has 11 heteroatoms. The number of likely N-dealkylation sites (tertiary alicyclic amines) is 1. The summed E-state index contributed by atoms with van der Waals surface area (Å²) in [6.45, 7) is 6.70. The molecule has 4 saturated heterocycles. The second-order valence-corrected chi connectivity index (χ2v) is 12.8. The van der Waals surface area contributed by atoms with Crippen molar-refractivity contribution in [2.24, 2.45) is 0 Å². The van der Waals surface area contributed by atoms with E-state index in [1.807, 2.05) is 12.1 Å². The number of rotatable bonds is 6. The van der Waals surface area contributed by atoms with Gasteiger partial charge in [0.25, 0.3) is 5.91 Å². The van der Waals surface area contributed by atoms with Crippen molar-refractivity contribution in [2.45, 2.75) is 49.7 Å². The third-order valence-electron chi connectivity index (χ3n) is 10.1. The molecule has 4 fully saturated rings. The minimum atomic E-state index is -0.961. The van der Waals surface area contributed by atoms with E-state index in [0.29, 0.717) is 64.4 Å². The standard InChI is InChI=1S/C33H31ClF2N6O2/c1-19(35)31(43)41-12-7-27-28(41)17-42(27)30-22-13-25(36)21(23-16-37-15-20-5-2-6-24(34)29(20)23)14-26(22)38-32(39-30)44-18-33-8-3-10-40(33)11-4-9-33/h2,5-6,13-16,27-28H,1,3-4,7-12,17-18H2/t27?,28-/m1/s1. The van der Waals surface area contributed by atoms with Gasteiger partial charge in [-0.3, -0.25) is 14.7 Å². The van der Waals surface area contributed by atoms with Crippen LogP contribution in [0.2, 0.25) is 5.02 Å². The third kappa shape index (κ3) is 4.25. The second-order valence-electron chi connectivity index (χ2n) is 12.4. The van der Waals surface area contributed by atoms with Gasteiger partial charge in [-0.25, -0.2) is 8.78 Å². The van der Waals surface area contributed by atoms with E-state index in [4.69, 9.17) is 26.3 Å². The van der Waals surface area contributed by atoms with E-state index in [0.717, 1.165) is 44.2 Å². The minimum absolute atomic E-state index is 0.000731. The average molecular weight is 617 g/mol. The van der Waals surface area contributed by atoms with E-state index in [1.54, 1.807) is 24.5 Å². The molecule has 1 amide bonds. The second kappa shape index (κ2) is 10.3. The van der Waals surface area contributed by atoms with Crippen LogP contribution in [0.4, 0.5) is 14.6 Å². The zero-order chi connectivity index (χ0) is 30.2. The molecular formula is C33H31ClF2N6O2. The fourth-order valence-corrected chi connectivity index (χ4v) is 8.21. The Hall–Kier alpha value is -3.89. The molecule has 2 atom stereocenters. The van der Waals surface area contributed by atoms with Crippen LogP contribution in [0.25, 0.3) is 32.8 Å². The Morgan fingerprint density at radius 1 is 1.09 bits per heavy atom. The summed E-state index contributed by atoms with van der Waals surface area (Å²) < 4.78 is 36.2. The van der Waals surface area contributed by atoms with Gasteiger partial charge in [0.15, 0.2) is 5.83 Å². The predicted octanol–water partition coefficient (Wildman–Crippen LogP) is 5.92. The number of benzene rings is 2. The predicted molar refractivity (Wildman–Crippen MR) is 165 cm³/mol. The van der Waals surface area contributed by atoms with Gasteiger partial charge in [-0.05, 0) is 63.4 Å². The number of anilines is 1. The molecule has 8 rings (SSSR count). The molecule has 0 radical (unpaired) electrons. The summed E-state index contributed by atoms with van der Waals surface area (Å²) in [4.78, 5) is 32.5. The number of halogens is 3. The van der Waals surface area contributed by atoms with Crippen molar-refractivity contribution in [1.29, 1.82) is 0 Å². The first-order chi connectivity index (χ1) is 21.3. The molecule has 4 aromatic rings. The molecule has 0 saturated carbocycles. The van der Waals surface area contributed by atoms with E-state index >= 15 is 4.39 Å². The lowest BCUT2D eigenvalue weighted by Crippen LogP contribution is -2.63. The third-order valence-corrected chi connectivity index (χ3v) is 10.4. The highest BCUT2D eigenvalue weighted by atomic mass is 35.5. The van der Waals surface area contributed by atoms with E-state index in [2.05, 4.69) is 21.4 Å². The summed E-state index contributed by atoms with van der Waals surface area (Å²) in [7, 11) is 0. The summed E-state index contributed by atoms with van der Waals surface area (Å²) >= 11 is 6.59. The van der Waals surface area contributed by atoms with Gasteiger partial charge in [0.2, 0.25) is 0 Å². The van der Waals surface area contributed by atoms with Gasteiger partial charge in [-0.2, -0.15) is 9.97 Å². The van der Waals surface area contributed by atoms with Gasteiger partial charge in [0, 0.05) is 57.8 Å². The number of pyridine rings is 1. The van der Waals surface area contributed by atoms with Crippen molar-refractivity contribution >= 4 is 45.0 Å². The number of amides is 1. The highest BCUT2D eigenvalue weighted by Gasteiger charge is 2.50. The molecule has 0 aliphatic carbocycles. The number of hydrogen-bond donors (Lipinski definition) is 0. The van der Waals surface area contributed by atoms with Gasteiger partial charge in [0.05, 0.1) is 23.1 Å². The number of carbonyl (C=O) groups excluding carboxylic acids is 1. The van der Waals surface area contributed by atoms with Crippen molar-refractivity contribution in [3.8, 4) is 17.1 Å². The molecule has 6 heterocycles. The molecule has 44 heavy (non-hydrogen) atoms. The Bertz CT molecular complexity index is 1840. The first kappa shape index (κ1) is 27.6. The molecule has 0 bridgehead atoms. The quantitative estimate of drug-likeness (QED) is 0.249. The van der Waals surface area contributed by atoms with Crippen LogP contribution in [-0.2, 0) is 4.79 Å². The first-order valence-electron chi connectivity index (χ1n) is 15.2. The number of aromatic nitrogens is 3. The highest BCUT2D eigenvalue weighted by Crippen LogP contribution is 2.43. The van der Waals surface area contributed by atoms with E-state index < -0.39 is 17.6 Å². The van der Waals surface area contributed by atoms with Gasteiger partial charge in [0.1, 0.15) is 18.2 Å². The molecular weight excluding hydrogens is 586 g/mol. The van der Waals surface area contributed by atoms with Crippen molar-refractivity contribution in [2.75, 3.05) is 37.7 Å². The maximum absolute atomic E-state index is 16.1. The summed E-state index contributed by atoms with van der Waals surface area (Å²) in [5.41, 5.74) is 1.43. The van der Waals surface area contributed by atoms with Crippen molar-refractivity contribution in [3.05, 3.63) is 66.0 Å². The maximum atomic E-state index is 16.1. The Labute approximate surface area is 258 Å². The summed E-state index contributed by atoms with van der Waals surface area (Å²) in [5.74, 6) is -1.54. The fraction of sp³-hybridized carbons (Fsp3) is 0.394. The highest BCUT2D eigenvalue weighted by molar-refractivity contribution is 6.36. The molecule has 4 aliphatic heterocycles. The molecule has 0 N–H and O–H groups in total.